The lowest BCUT2D eigenvalue weighted by Crippen LogP contribution is -2.44. The minimum Gasteiger partial charge on any atom is -0.394 e. The standard InChI is InChI=1S/C12H30N2O2Si/c1-4-10-15-17(6-3,16-11-5-2)12-9-14-8-7-13/h14H,4-13H2,1-3H3. The maximum absolute atomic E-state index is 6.06. The molecule has 0 heterocycles. The molecule has 0 amide bonds. The predicted octanol–water partition coefficient (Wildman–Crippen LogP) is 1.85. The second-order valence-electron chi connectivity index (χ2n) is 4.25. The van der Waals surface area contributed by atoms with Crippen molar-refractivity contribution in [1.29, 1.82) is 0 Å². The lowest BCUT2D eigenvalue weighted by molar-refractivity contribution is 0.168. The molecule has 5 heteroatoms. The second kappa shape index (κ2) is 11.2. The van der Waals surface area contributed by atoms with E-state index in [2.05, 4.69) is 26.1 Å². The van der Waals surface area contributed by atoms with Crippen molar-refractivity contribution < 1.29 is 8.85 Å². The van der Waals surface area contributed by atoms with E-state index in [4.69, 9.17) is 14.6 Å². The van der Waals surface area contributed by atoms with Gasteiger partial charge in [-0.1, -0.05) is 20.8 Å². The van der Waals surface area contributed by atoms with Gasteiger partial charge in [0.15, 0.2) is 0 Å². The lowest BCUT2D eigenvalue weighted by atomic mass is 10.5. The Morgan fingerprint density at radius 2 is 1.59 bits per heavy atom. The third-order valence-electron chi connectivity index (χ3n) is 2.68. The fourth-order valence-electron chi connectivity index (χ4n) is 1.65. The van der Waals surface area contributed by atoms with Crippen LogP contribution in [-0.2, 0) is 8.85 Å². The molecule has 4 nitrogen and oxygen atoms in total. The molecule has 0 aliphatic rings. The van der Waals surface area contributed by atoms with Crippen LogP contribution < -0.4 is 11.1 Å². The number of rotatable bonds is 12. The van der Waals surface area contributed by atoms with Gasteiger partial charge in [-0.15, -0.1) is 0 Å². The summed E-state index contributed by atoms with van der Waals surface area (Å²) in [5.74, 6) is 0. The second-order valence-corrected chi connectivity index (χ2v) is 7.86. The number of nitrogens with two attached hydrogens (primary N) is 1. The zero-order chi connectivity index (χ0) is 13.0. The van der Waals surface area contributed by atoms with Crippen molar-refractivity contribution in [2.45, 2.75) is 45.7 Å². The molecule has 0 aliphatic carbocycles. The highest BCUT2D eigenvalue weighted by Gasteiger charge is 2.34. The molecule has 0 unspecified atom stereocenters. The van der Waals surface area contributed by atoms with Crippen LogP contribution in [0, 0.1) is 0 Å². The molecule has 0 aromatic heterocycles. The van der Waals surface area contributed by atoms with Gasteiger partial charge in [-0.3, -0.25) is 0 Å². The highest BCUT2D eigenvalue weighted by Crippen LogP contribution is 2.19. The van der Waals surface area contributed by atoms with E-state index in [0.29, 0.717) is 6.54 Å². The summed E-state index contributed by atoms with van der Waals surface area (Å²) < 4.78 is 12.1. The minimum absolute atomic E-state index is 0.687. The van der Waals surface area contributed by atoms with Crippen molar-refractivity contribution in [3.8, 4) is 0 Å². The average Bonchev–Trinajstić information content (AvgIpc) is 2.37. The molecule has 0 aromatic rings. The fourth-order valence-corrected chi connectivity index (χ4v) is 4.49. The van der Waals surface area contributed by atoms with Gasteiger partial charge in [0.25, 0.3) is 0 Å². The van der Waals surface area contributed by atoms with Gasteiger partial charge in [0, 0.05) is 32.3 Å². The van der Waals surface area contributed by atoms with Crippen LogP contribution in [0.2, 0.25) is 12.1 Å². The van der Waals surface area contributed by atoms with Gasteiger partial charge in [-0.25, -0.2) is 0 Å². The minimum atomic E-state index is -1.96. The Bertz CT molecular complexity index is 163. The van der Waals surface area contributed by atoms with Gasteiger partial charge >= 0.3 is 8.56 Å². The van der Waals surface area contributed by atoms with Crippen LogP contribution in [0.1, 0.15) is 33.6 Å². The van der Waals surface area contributed by atoms with E-state index < -0.39 is 8.56 Å². The van der Waals surface area contributed by atoms with E-state index in [9.17, 15) is 0 Å². The Morgan fingerprint density at radius 3 is 2.00 bits per heavy atom. The molecule has 0 saturated heterocycles. The number of hydrogen-bond acceptors (Lipinski definition) is 4. The summed E-state index contributed by atoms with van der Waals surface area (Å²) in [4.78, 5) is 0. The molecule has 0 saturated carbocycles. The van der Waals surface area contributed by atoms with E-state index in [0.717, 1.165) is 51.2 Å². The first kappa shape index (κ1) is 17.1. The smallest absolute Gasteiger partial charge is 0.339 e. The Morgan fingerprint density at radius 1 is 1.00 bits per heavy atom. The van der Waals surface area contributed by atoms with Crippen LogP contribution in [-0.4, -0.2) is 41.4 Å². The molecule has 17 heavy (non-hydrogen) atoms. The molecule has 0 radical (unpaired) electrons. The summed E-state index contributed by atoms with van der Waals surface area (Å²) in [5.41, 5.74) is 5.46. The Labute approximate surface area is 107 Å². The maximum atomic E-state index is 6.06. The monoisotopic (exact) mass is 262 g/mol. The molecule has 0 rings (SSSR count). The van der Waals surface area contributed by atoms with E-state index in [1.54, 1.807) is 0 Å². The third kappa shape index (κ3) is 7.89. The molecule has 0 aliphatic heterocycles. The normalized spacial score (nSPS) is 12.0. The third-order valence-corrected chi connectivity index (χ3v) is 6.23. The van der Waals surface area contributed by atoms with Gasteiger partial charge < -0.3 is 19.9 Å². The molecule has 104 valence electrons. The highest BCUT2D eigenvalue weighted by atomic mass is 28.4. The first-order valence-electron chi connectivity index (χ1n) is 6.93. The van der Waals surface area contributed by atoms with Gasteiger partial charge in [0.1, 0.15) is 0 Å². The van der Waals surface area contributed by atoms with Gasteiger partial charge in [-0.2, -0.15) is 0 Å². The highest BCUT2D eigenvalue weighted by molar-refractivity contribution is 6.67. The summed E-state index contributed by atoms with van der Waals surface area (Å²) in [7, 11) is -1.96. The Kier molecular flexibility index (Phi) is 11.2. The van der Waals surface area contributed by atoms with Crippen LogP contribution in [0.3, 0.4) is 0 Å². The van der Waals surface area contributed by atoms with Gasteiger partial charge in [0.05, 0.1) is 0 Å². The molecule has 3 N–H and O–H groups in total. The summed E-state index contributed by atoms with van der Waals surface area (Å²) in [5, 5.41) is 3.33. The topological polar surface area (TPSA) is 56.5 Å². The molecule has 0 bridgehead atoms. The molecular weight excluding hydrogens is 232 g/mol. The molecular formula is C12H30N2O2Si. The molecule has 0 fully saturated rings. The van der Waals surface area contributed by atoms with Crippen molar-refractivity contribution in [3.63, 3.8) is 0 Å². The Balaban J connectivity index is 4.12. The van der Waals surface area contributed by atoms with Crippen LogP contribution in [0.15, 0.2) is 0 Å². The SMILES string of the molecule is CCCO[Si](CC)(CCNCCN)OCCC. The van der Waals surface area contributed by atoms with Crippen molar-refractivity contribution in [3.05, 3.63) is 0 Å². The molecule has 0 atom stereocenters. The van der Waals surface area contributed by atoms with Crippen LogP contribution in [0.5, 0.6) is 0 Å². The first-order chi connectivity index (χ1) is 8.24. The van der Waals surface area contributed by atoms with Crippen molar-refractivity contribution in [1.82, 2.24) is 5.32 Å². The average molecular weight is 262 g/mol. The number of hydrogen-bond donors (Lipinski definition) is 2. The first-order valence-corrected chi connectivity index (χ1v) is 9.16. The zero-order valence-corrected chi connectivity index (χ0v) is 12.8. The van der Waals surface area contributed by atoms with Crippen molar-refractivity contribution in [2.75, 3.05) is 32.8 Å². The van der Waals surface area contributed by atoms with Crippen LogP contribution in [0.25, 0.3) is 0 Å². The predicted molar refractivity (Wildman–Crippen MR) is 75.5 cm³/mol. The Hall–Kier alpha value is 0.0569. The van der Waals surface area contributed by atoms with Gasteiger partial charge in [-0.05, 0) is 25.4 Å². The quantitative estimate of drug-likeness (QED) is 0.416. The van der Waals surface area contributed by atoms with Crippen molar-refractivity contribution in [2.24, 2.45) is 5.73 Å². The lowest BCUT2D eigenvalue weighted by Gasteiger charge is -2.30. The fraction of sp³-hybridized carbons (Fsp3) is 1.00. The maximum Gasteiger partial charge on any atom is 0.339 e. The van der Waals surface area contributed by atoms with Crippen LogP contribution >= 0.6 is 0 Å². The van der Waals surface area contributed by atoms with E-state index in [1.165, 1.54) is 0 Å². The van der Waals surface area contributed by atoms with E-state index >= 15 is 0 Å². The molecule has 0 aromatic carbocycles. The number of nitrogens with one attached hydrogen (secondary N) is 1. The van der Waals surface area contributed by atoms with Crippen molar-refractivity contribution >= 4 is 8.56 Å². The largest absolute Gasteiger partial charge is 0.394 e. The van der Waals surface area contributed by atoms with Gasteiger partial charge in [0.2, 0.25) is 0 Å². The van der Waals surface area contributed by atoms with E-state index in [1.807, 2.05) is 0 Å². The summed E-state index contributed by atoms with van der Waals surface area (Å²) in [6.07, 6.45) is 2.11. The van der Waals surface area contributed by atoms with Crippen LogP contribution in [0.4, 0.5) is 0 Å². The molecule has 0 spiro atoms. The summed E-state index contributed by atoms with van der Waals surface area (Å²) in [6.45, 7) is 10.6. The summed E-state index contributed by atoms with van der Waals surface area (Å²) in [6, 6.07) is 2.04. The zero-order valence-electron chi connectivity index (χ0n) is 11.8. The summed E-state index contributed by atoms with van der Waals surface area (Å²) >= 11 is 0. The van der Waals surface area contributed by atoms with E-state index in [-0.39, 0.29) is 0 Å².